The predicted molar refractivity (Wildman–Crippen MR) is 62.4 cm³/mol. The molecular formula is C12H20N2O2. The Hall–Kier alpha value is -1.16. The third kappa shape index (κ3) is 4.57. The van der Waals surface area contributed by atoms with Gasteiger partial charge in [-0.05, 0) is 19.3 Å². The normalized spacial score (nSPS) is 12.8. The molecule has 0 radical (unpaired) electrons. The van der Waals surface area contributed by atoms with Crippen molar-refractivity contribution in [2.45, 2.75) is 39.7 Å². The van der Waals surface area contributed by atoms with Crippen molar-refractivity contribution in [1.29, 1.82) is 0 Å². The molecule has 0 aliphatic heterocycles. The van der Waals surface area contributed by atoms with Gasteiger partial charge in [0.05, 0.1) is 18.4 Å². The number of ether oxygens (including phenoxy) is 1. The Labute approximate surface area is 96.7 Å². The molecule has 1 rings (SSSR count). The summed E-state index contributed by atoms with van der Waals surface area (Å²) in [5, 5.41) is 9.79. The molecule has 90 valence electrons. The molecule has 0 fully saturated rings. The van der Waals surface area contributed by atoms with Crippen molar-refractivity contribution in [3.05, 3.63) is 18.1 Å². The molecule has 0 aliphatic carbocycles. The third-order valence-corrected chi connectivity index (χ3v) is 2.18. The number of nitrogens with zero attached hydrogens (tertiary/aromatic N) is 2. The van der Waals surface area contributed by atoms with Crippen LogP contribution in [0.15, 0.2) is 12.4 Å². The highest BCUT2D eigenvalue weighted by atomic mass is 16.5. The Morgan fingerprint density at radius 2 is 2.12 bits per heavy atom. The average Bonchev–Trinajstić information content (AvgIpc) is 2.17. The molecule has 0 saturated heterocycles. The fraction of sp³-hybridized carbons (Fsp3) is 0.667. The summed E-state index contributed by atoms with van der Waals surface area (Å²) in [6.45, 7) is 6.68. The Morgan fingerprint density at radius 1 is 1.38 bits per heavy atom. The second-order valence-corrected chi connectivity index (χ2v) is 4.27. The highest BCUT2D eigenvalue weighted by molar-refractivity contribution is 5.14. The molecule has 1 aromatic rings. The summed E-state index contributed by atoms with van der Waals surface area (Å²) in [6, 6.07) is 1.78. The molecule has 1 N–H and O–H groups in total. The number of hydrogen-bond acceptors (Lipinski definition) is 4. The van der Waals surface area contributed by atoms with Crippen LogP contribution < -0.4 is 4.74 Å². The van der Waals surface area contributed by atoms with Gasteiger partial charge in [0, 0.05) is 12.5 Å². The highest BCUT2D eigenvalue weighted by Gasteiger charge is 2.09. The van der Waals surface area contributed by atoms with E-state index in [1.165, 1.54) is 6.33 Å². The SMILES string of the molecule is CCOc1cc(CC(O)CC(C)C)ncn1. The van der Waals surface area contributed by atoms with E-state index in [-0.39, 0.29) is 6.10 Å². The largest absolute Gasteiger partial charge is 0.478 e. The minimum atomic E-state index is -0.343. The number of rotatable bonds is 6. The average molecular weight is 224 g/mol. The summed E-state index contributed by atoms with van der Waals surface area (Å²) in [6.07, 6.45) is 2.47. The Kier molecular flexibility index (Phi) is 5.19. The topological polar surface area (TPSA) is 55.2 Å². The minimum Gasteiger partial charge on any atom is -0.478 e. The van der Waals surface area contributed by atoms with E-state index < -0.39 is 0 Å². The molecule has 1 unspecified atom stereocenters. The summed E-state index contributed by atoms with van der Waals surface area (Å²) in [5.41, 5.74) is 0.826. The summed E-state index contributed by atoms with van der Waals surface area (Å²) in [4.78, 5) is 8.10. The van der Waals surface area contributed by atoms with Gasteiger partial charge >= 0.3 is 0 Å². The summed E-state index contributed by atoms with van der Waals surface area (Å²) in [7, 11) is 0. The van der Waals surface area contributed by atoms with Crippen LogP contribution in [0.1, 0.15) is 32.9 Å². The zero-order valence-corrected chi connectivity index (χ0v) is 10.2. The molecular weight excluding hydrogens is 204 g/mol. The van der Waals surface area contributed by atoms with Gasteiger partial charge in [-0.25, -0.2) is 9.97 Å². The second-order valence-electron chi connectivity index (χ2n) is 4.27. The van der Waals surface area contributed by atoms with Crippen molar-refractivity contribution in [2.24, 2.45) is 5.92 Å². The van der Waals surface area contributed by atoms with Gasteiger partial charge < -0.3 is 9.84 Å². The maximum absolute atomic E-state index is 9.79. The fourth-order valence-corrected chi connectivity index (χ4v) is 1.58. The predicted octanol–water partition coefficient (Wildman–Crippen LogP) is 1.82. The third-order valence-electron chi connectivity index (χ3n) is 2.18. The molecule has 0 bridgehead atoms. The van der Waals surface area contributed by atoms with E-state index in [1.807, 2.05) is 6.92 Å². The maximum Gasteiger partial charge on any atom is 0.216 e. The maximum atomic E-state index is 9.79. The highest BCUT2D eigenvalue weighted by Crippen LogP contribution is 2.12. The lowest BCUT2D eigenvalue weighted by Gasteiger charge is -2.12. The minimum absolute atomic E-state index is 0.343. The second kappa shape index (κ2) is 6.43. The van der Waals surface area contributed by atoms with E-state index >= 15 is 0 Å². The molecule has 1 heterocycles. The van der Waals surface area contributed by atoms with Gasteiger partial charge in [-0.15, -0.1) is 0 Å². The fourth-order valence-electron chi connectivity index (χ4n) is 1.58. The lowest BCUT2D eigenvalue weighted by atomic mass is 10.0. The molecule has 16 heavy (non-hydrogen) atoms. The number of hydrogen-bond donors (Lipinski definition) is 1. The van der Waals surface area contributed by atoms with Gasteiger partial charge in [0.2, 0.25) is 5.88 Å². The monoisotopic (exact) mass is 224 g/mol. The molecule has 0 spiro atoms. The molecule has 0 saturated carbocycles. The van der Waals surface area contributed by atoms with Gasteiger partial charge in [0.1, 0.15) is 6.33 Å². The van der Waals surface area contributed by atoms with E-state index in [0.29, 0.717) is 24.8 Å². The summed E-state index contributed by atoms with van der Waals surface area (Å²) >= 11 is 0. The van der Waals surface area contributed by atoms with Crippen LogP contribution in [0, 0.1) is 5.92 Å². The van der Waals surface area contributed by atoms with Gasteiger partial charge in [-0.3, -0.25) is 0 Å². The molecule has 0 aromatic carbocycles. The zero-order valence-electron chi connectivity index (χ0n) is 10.2. The van der Waals surface area contributed by atoms with E-state index in [4.69, 9.17) is 4.74 Å². The molecule has 4 nitrogen and oxygen atoms in total. The van der Waals surface area contributed by atoms with Crippen LogP contribution in [-0.2, 0) is 6.42 Å². The zero-order chi connectivity index (χ0) is 12.0. The van der Waals surface area contributed by atoms with Crippen molar-refractivity contribution in [2.75, 3.05) is 6.61 Å². The first-order valence-electron chi connectivity index (χ1n) is 5.73. The van der Waals surface area contributed by atoms with E-state index in [0.717, 1.165) is 12.1 Å². The van der Waals surface area contributed by atoms with Crippen LogP contribution in [0.3, 0.4) is 0 Å². The summed E-state index contributed by atoms with van der Waals surface area (Å²) < 4.78 is 5.28. The first kappa shape index (κ1) is 12.9. The lowest BCUT2D eigenvalue weighted by Crippen LogP contribution is -2.14. The Balaban J connectivity index is 2.55. The van der Waals surface area contributed by atoms with Gasteiger partial charge in [0.25, 0.3) is 0 Å². The molecule has 0 amide bonds. The van der Waals surface area contributed by atoms with Crippen LogP contribution in [-0.4, -0.2) is 27.8 Å². The van der Waals surface area contributed by atoms with Crippen LogP contribution in [0.2, 0.25) is 0 Å². The van der Waals surface area contributed by atoms with Crippen LogP contribution in [0.4, 0.5) is 0 Å². The first-order chi connectivity index (χ1) is 7.61. The molecule has 1 atom stereocenters. The van der Waals surface area contributed by atoms with Crippen molar-refractivity contribution >= 4 is 0 Å². The van der Waals surface area contributed by atoms with Crippen molar-refractivity contribution in [3.63, 3.8) is 0 Å². The molecule has 4 heteroatoms. The first-order valence-corrected chi connectivity index (χ1v) is 5.73. The summed E-state index contributed by atoms with van der Waals surface area (Å²) in [5.74, 6) is 1.06. The van der Waals surface area contributed by atoms with Crippen molar-refractivity contribution in [1.82, 2.24) is 9.97 Å². The quantitative estimate of drug-likeness (QED) is 0.801. The number of aromatic nitrogens is 2. The molecule has 1 aromatic heterocycles. The van der Waals surface area contributed by atoms with Gasteiger partial charge in [-0.1, -0.05) is 13.8 Å². The van der Waals surface area contributed by atoms with E-state index in [2.05, 4.69) is 23.8 Å². The number of aliphatic hydroxyl groups excluding tert-OH is 1. The Bertz CT molecular complexity index is 316. The van der Waals surface area contributed by atoms with E-state index in [1.54, 1.807) is 6.07 Å². The van der Waals surface area contributed by atoms with E-state index in [9.17, 15) is 5.11 Å². The Morgan fingerprint density at radius 3 is 2.75 bits per heavy atom. The number of aliphatic hydroxyl groups is 1. The van der Waals surface area contributed by atoms with Crippen LogP contribution in [0.5, 0.6) is 5.88 Å². The standard InChI is InChI=1S/C12H20N2O2/c1-4-16-12-7-10(13-8-14-12)6-11(15)5-9(2)3/h7-9,11,15H,4-6H2,1-3H3. The van der Waals surface area contributed by atoms with Crippen molar-refractivity contribution in [3.8, 4) is 5.88 Å². The van der Waals surface area contributed by atoms with Gasteiger partial charge in [0.15, 0.2) is 0 Å². The molecule has 0 aliphatic rings. The lowest BCUT2D eigenvalue weighted by molar-refractivity contribution is 0.148. The van der Waals surface area contributed by atoms with Crippen LogP contribution in [0.25, 0.3) is 0 Å². The smallest absolute Gasteiger partial charge is 0.216 e. The van der Waals surface area contributed by atoms with Crippen molar-refractivity contribution < 1.29 is 9.84 Å². The van der Waals surface area contributed by atoms with Crippen LogP contribution >= 0.6 is 0 Å². The van der Waals surface area contributed by atoms with Gasteiger partial charge in [-0.2, -0.15) is 0 Å².